The van der Waals surface area contributed by atoms with Crippen LogP contribution in [0.2, 0.25) is 0 Å². The van der Waals surface area contributed by atoms with E-state index in [0.717, 1.165) is 22.9 Å². The van der Waals surface area contributed by atoms with Crippen LogP contribution in [0, 0.1) is 5.82 Å². The first kappa shape index (κ1) is 27.8. The van der Waals surface area contributed by atoms with Crippen LogP contribution in [0.5, 0.6) is 5.75 Å². The van der Waals surface area contributed by atoms with Crippen LogP contribution in [0.25, 0.3) is 0 Å². The molecule has 4 N–H and O–H groups in total. The van der Waals surface area contributed by atoms with Crippen molar-refractivity contribution in [1.82, 2.24) is 0 Å². The third-order valence-corrected chi connectivity index (χ3v) is 5.88. The van der Waals surface area contributed by atoms with Gasteiger partial charge in [-0.15, -0.1) is 0 Å². The Hall–Kier alpha value is -3.41. The monoisotopic (exact) mass is 476 g/mol. The SMILES string of the molecule is C=C(C)/C(C)=C(/C)CCC.NC(Cc1ccccc1)c1ccccc1Nc1ccc(OO)cc1F. The fraction of sp³-hybridized carbons (Fsp3) is 0.267. The number of hydrogen-bond acceptors (Lipinski definition) is 4. The van der Waals surface area contributed by atoms with E-state index < -0.39 is 5.82 Å². The first-order valence-electron chi connectivity index (χ1n) is 11.8. The van der Waals surface area contributed by atoms with E-state index >= 15 is 0 Å². The van der Waals surface area contributed by atoms with Crippen LogP contribution < -0.4 is 15.9 Å². The van der Waals surface area contributed by atoms with E-state index in [9.17, 15) is 4.39 Å². The van der Waals surface area contributed by atoms with Gasteiger partial charge in [-0.1, -0.05) is 79.6 Å². The molecule has 1 unspecified atom stereocenters. The molecule has 0 spiro atoms. The summed E-state index contributed by atoms with van der Waals surface area (Å²) in [6, 6.07) is 21.4. The van der Waals surface area contributed by atoms with Crippen LogP contribution in [-0.4, -0.2) is 5.26 Å². The van der Waals surface area contributed by atoms with Crippen molar-refractivity contribution in [2.45, 2.75) is 53.0 Å². The van der Waals surface area contributed by atoms with E-state index in [1.165, 1.54) is 41.7 Å². The zero-order valence-corrected chi connectivity index (χ0v) is 21.1. The van der Waals surface area contributed by atoms with Crippen LogP contribution in [0.3, 0.4) is 0 Å². The number of para-hydroxylation sites is 1. The Balaban J connectivity index is 0.000000367. The van der Waals surface area contributed by atoms with Crippen molar-refractivity contribution in [2.24, 2.45) is 5.73 Å². The molecule has 0 amide bonds. The maximum absolute atomic E-state index is 14.1. The molecule has 3 aromatic carbocycles. The number of hydrogen-bond donors (Lipinski definition) is 3. The van der Waals surface area contributed by atoms with Gasteiger partial charge in [0.05, 0.1) is 5.69 Å². The molecule has 3 aromatic rings. The average Bonchev–Trinajstić information content (AvgIpc) is 2.86. The first-order valence-corrected chi connectivity index (χ1v) is 11.8. The Labute approximate surface area is 208 Å². The summed E-state index contributed by atoms with van der Waals surface area (Å²) < 4.78 is 14.1. The summed E-state index contributed by atoms with van der Waals surface area (Å²) >= 11 is 0. The molecule has 0 radical (unpaired) electrons. The maximum Gasteiger partial charge on any atom is 0.168 e. The van der Waals surface area contributed by atoms with Crippen LogP contribution in [0.1, 0.15) is 57.7 Å². The van der Waals surface area contributed by atoms with Gasteiger partial charge in [-0.05, 0) is 68.5 Å². The average molecular weight is 477 g/mol. The van der Waals surface area contributed by atoms with Crippen molar-refractivity contribution in [3.8, 4) is 5.75 Å². The normalized spacial score (nSPS) is 12.1. The number of benzene rings is 3. The standard InChI is InChI=1S/C20H19FN2O2.C10H18/c21-17-13-15(25-24)10-11-20(17)23-19-9-5-4-8-16(19)18(22)12-14-6-2-1-3-7-14;1-6-7-9(4)10(5)8(2)3/h1-11,13,18,23-24H,12,22H2;2,6-7H2,1,3-5H3/b;10-9-. The molecule has 0 bridgehead atoms. The lowest BCUT2D eigenvalue weighted by atomic mass is 9.98. The summed E-state index contributed by atoms with van der Waals surface area (Å²) in [5.41, 5.74) is 13.5. The largest absolute Gasteiger partial charge is 0.353 e. The minimum Gasteiger partial charge on any atom is -0.353 e. The lowest BCUT2D eigenvalue weighted by Crippen LogP contribution is -2.15. The molecule has 0 fully saturated rings. The van der Waals surface area contributed by atoms with Crippen LogP contribution in [0.15, 0.2) is 96.1 Å². The van der Waals surface area contributed by atoms with Gasteiger partial charge in [0.1, 0.15) is 5.82 Å². The van der Waals surface area contributed by atoms with Crippen molar-refractivity contribution in [3.05, 3.63) is 113 Å². The molecular formula is C30H37FN2O2. The zero-order valence-electron chi connectivity index (χ0n) is 21.1. The fourth-order valence-corrected chi connectivity index (χ4v) is 3.64. The zero-order chi connectivity index (χ0) is 25.8. The third kappa shape index (κ3) is 8.71. The van der Waals surface area contributed by atoms with E-state index in [1.807, 2.05) is 54.6 Å². The number of nitrogens with two attached hydrogens (primary N) is 1. The molecule has 186 valence electrons. The molecule has 0 saturated carbocycles. The molecular weight excluding hydrogens is 439 g/mol. The van der Waals surface area contributed by atoms with Gasteiger partial charge >= 0.3 is 0 Å². The van der Waals surface area contributed by atoms with Crippen molar-refractivity contribution in [3.63, 3.8) is 0 Å². The Morgan fingerprint density at radius 1 is 1.00 bits per heavy atom. The number of anilines is 2. The highest BCUT2D eigenvalue weighted by Gasteiger charge is 2.13. The van der Waals surface area contributed by atoms with Gasteiger partial charge in [0.25, 0.3) is 0 Å². The smallest absolute Gasteiger partial charge is 0.168 e. The predicted octanol–water partition coefficient (Wildman–Crippen LogP) is 8.36. The van der Waals surface area contributed by atoms with E-state index in [4.69, 9.17) is 11.0 Å². The number of nitrogens with one attached hydrogen (secondary N) is 1. The van der Waals surface area contributed by atoms with Gasteiger partial charge in [0.2, 0.25) is 0 Å². The van der Waals surface area contributed by atoms with Crippen molar-refractivity contribution >= 4 is 11.4 Å². The predicted molar refractivity (Wildman–Crippen MR) is 145 cm³/mol. The highest BCUT2D eigenvalue weighted by Crippen LogP contribution is 2.29. The summed E-state index contributed by atoms with van der Waals surface area (Å²) in [6.07, 6.45) is 3.12. The summed E-state index contributed by atoms with van der Waals surface area (Å²) in [5, 5.41) is 11.7. The number of allylic oxidation sites excluding steroid dienone is 3. The van der Waals surface area contributed by atoms with Crippen molar-refractivity contribution in [1.29, 1.82) is 0 Å². The lowest BCUT2D eigenvalue weighted by molar-refractivity contribution is -0.137. The molecule has 4 nitrogen and oxygen atoms in total. The summed E-state index contributed by atoms with van der Waals surface area (Å²) in [7, 11) is 0. The molecule has 1 atom stereocenters. The van der Waals surface area contributed by atoms with Crippen molar-refractivity contribution in [2.75, 3.05) is 5.32 Å². The third-order valence-electron chi connectivity index (χ3n) is 5.88. The Bertz CT molecular complexity index is 1130. The minimum absolute atomic E-state index is 0.0390. The fourth-order valence-electron chi connectivity index (χ4n) is 3.64. The lowest BCUT2D eigenvalue weighted by Gasteiger charge is -2.18. The van der Waals surface area contributed by atoms with Gasteiger partial charge in [0.15, 0.2) is 5.75 Å². The van der Waals surface area contributed by atoms with E-state index in [0.29, 0.717) is 6.42 Å². The molecule has 0 aliphatic heterocycles. The second-order valence-corrected chi connectivity index (χ2v) is 8.68. The van der Waals surface area contributed by atoms with E-state index in [2.05, 4.69) is 44.5 Å². The van der Waals surface area contributed by atoms with E-state index in [1.54, 1.807) is 0 Å². The van der Waals surface area contributed by atoms with Crippen molar-refractivity contribution < 1.29 is 14.5 Å². The molecule has 5 heteroatoms. The van der Waals surface area contributed by atoms with Crippen LogP contribution in [-0.2, 0) is 6.42 Å². The van der Waals surface area contributed by atoms with Gasteiger partial charge < -0.3 is 15.9 Å². The van der Waals surface area contributed by atoms with Gasteiger partial charge in [-0.25, -0.2) is 9.65 Å². The molecule has 0 heterocycles. The second-order valence-electron chi connectivity index (χ2n) is 8.68. The summed E-state index contributed by atoms with van der Waals surface area (Å²) in [4.78, 5) is 4.04. The highest BCUT2D eigenvalue weighted by atomic mass is 19.1. The first-order chi connectivity index (χ1) is 16.8. The molecule has 0 aromatic heterocycles. The molecule has 0 saturated heterocycles. The highest BCUT2D eigenvalue weighted by molar-refractivity contribution is 5.65. The molecule has 35 heavy (non-hydrogen) atoms. The van der Waals surface area contributed by atoms with Crippen LogP contribution in [0.4, 0.5) is 15.8 Å². The Kier molecular flexibility index (Phi) is 11.2. The Morgan fingerprint density at radius 2 is 1.66 bits per heavy atom. The second kappa shape index (κ2) is 14.1. The number of halogens is 1. The van der Waals surface area contributed by atoms with Gasteiger partial charge in [-0.2, -0.15) is 0 Å². The molecule has 0 aliphatic rings. The van der Waals surface area contributed by atoms with Gasteiger partial charge in [0, 0.05) is 17.8 Å². The van der Waals surface area contributed by atoms with Gasteiger partial charge in [-0.3, -0.25) is 0 Å². The molecule has 3 rings (SSSR count). The number of rotatable bonds is 9. The maximum atomic E-state index is 14.1. The summed E-state index contributed by atoms with van der Waals surface area (Å²) in [6.45, 7) is 12.5. The Morgan fingerprint density at radius 3 is 2.26 bits per heavy atom. The minimum atomic E-state index is -0.530. The summed E-state index contributed by atoms with van der Waals surface area (Å²) in [5.74, 6) is -0.491. The topological polar surface area (TPSA) is 67.5 Å². The van der Waals surface area contributed by atoms with E-state index in [-0.39, 0.29) is 17.5 Å². The van der Waals surface area contributed by atoms with Crippen LogP contribution >= 0.6 is 0 Å². The molecule has 0 aliphatic carbocycles. The quantitative estimate of drug-likeness (QED) is 0.165.